The van der Waals surface area contributed by atoms with E-state index < -0.39 is 0 Å². The highest BCUT2D eigenvalue weighted by molar-refractivity contribution is 5.27. The molecule has 0 radical (unpaired) electrons. The zero-order chi connectivity index (χ0) is 11.9. The van der Waals surface area contributed by atoms with Gasteiger partial charge in [0.05, 0.1) is 12.7 Å². The third-order valence-electron chi connectivity index (χ3n) is 2.98. The number of benzene rings is 1. The number of hydrogen-bond donors (Lipinski definition) is 1. The standard InChI is InChI=1S/C14H21NO2/c1-12-3-2-4-14(11-12)17-10-9-16-13-5-7-15-8-6-13/h2-4,11,13,15H,5-10H2,1H3. The van der Waals surface area contributed by atoms with Crippen molar-refractivity contribution in [3.63, 3.8) is 0 Å². The first-order chi connectivity index (χ1) is 8.34. The fourth-order valence-corrected chi connectivity index (χ4v) is 2.04. The van der Waals surface area contributed by atoms with Gasteiger partial charge < -0.3 is 14.8 Å². The summed E-state index contributed by atoms with van der Waals surface area (Å²) in [5, 5.41) is 3.33. The van der Waals surface area contributed by atoms with Gasteiger partial charge in [-0.15, -0.1) is 0 Å². The molecule has 1 N–H and O–H groups in total. The van der Waals surface area contributed by atoms with E-state index in [1.807, 2.05) is 18.2 Å². The molecule has 1 saturated heterocycles. The van der Waals surface area contributed by atoms with E-state index in [0.29, 0.717) is 19.3 Å². The van der Waals surface area contributed by atoms with Gasteiger partial charge in [0.1, 0.15) is 12.4 Å². The normalized spacial score (nSPS) is 17.0. The second-order valence-electron chi connectivity index (χ2n) is 4.49. The molecule has 3 nitrogen and oxygen atoms in total. The van der Waals surface area contributed by atoms with Gasteiger partial charge in [0.2, 0.25) is 0 Å². The lowest BCUT2D eigenvalue weighted by Gasteiger charge is -2.22. The van der Waals surface area contributed by atoms with Crippen LogP contribution < -0.4 is 10.1 Å². The summed E-state index contributed by atoms with van der Waals surface area (Å²) in [4.78, 5) is 0. The fraction of sp³-hybridized carbons (Fsp3) is 0.571. The maximum atomic E-state index is 5.77. The molecule has 1 aromatic carbocycles. The van der Waals surface area contributed by atoms with Crippen LogP contribution >= 0.6 is 0 Å². The molecule has 0 aromatic heterocycles. The predicted octanol–water partition coefficient (Wildman–Crippen LogP) is 2.14. The molecule has 0 atom stereocenters. The minimum atomic E-state index is 0.414. The van der Waals surface area contributed by atoms with Crippen molar-refractivity contribution in [1.29, 1.82) is 0 Å². The van der Waals surface area contributed by atoms with E-state index in [1.54, 1.807) is 0 Å². The van der Waals surface area contributed by atoms with Gasteiger partial charge in [-0.3, -0.25) is 0 Å². The van der Waals surface area contributed by atoms with Crippen LogP contribution in [0.5, 0.6) is 5.75 Å². The van der Waals surface area contributed by atoms with E-state index in [9.17, 15) is 0 Å². The first-order valence-electron chi connectivity index (χ1n) is 6.36. The topological polar surface area (TPSA) is 30.5 Å². The highest BCUT2D eigenvalue weighted by Crippen LogP contribution is 2.12. The molecule has 1 heterocycles. The average molecular weight is 235 g/mol. The van der Waals surface area contributed by atoms with Crippen LogP contribution in [0, 0.1) is 6.92 Å². The minimum absolute atomic E-state index is 0.414. The van der Waals surface area contributed by atoms with Crippen molar-refractivity contribution in [1.82, 2.24) is 5.32 Å². The highest BCUT2D eigenvalue weighted by Gasteiger charge is 2.12. The van der Waals surface area contributed by atoms with Gasteiger partial charge in [-0.05, 0) is 50.6 Å². The first kappa shape index (κ1) is 12.4. The Morgan fingerprint density at radius 3 is 2.82 bits per heavy atom. The SMILES string of the molecule is Cc1cccc(OCCOC2CCNCC2)c1. The van der Waals surface area contributed by atoms with Crippen LogP contribution in [0.1, 0.15) is 18.4 Å². The number of rotatable bonds is 5. The molecule has 3 heteroatoms. The van der Waals surface area contributed by atoms with Crippen LogP contribution in [-0.2, 0) is 4.74 Å². The molecule has 0 saturated carbocycles. The maximum Gasteiger partial charge on any atom is 0.119 e. The molecule has 1 aliphatic rings. The Balaban J connectivity index is 1.62. The van der Waals surface area contributed by atoms with Crippen molar-refractivity contribution in [3.8, 4) is 5.75 Å². The number of ether oxygens (including phenoxy) is 2. The van der Waals surface area contributed by atoms with E-state index in [4.69, 9.17) is 9.47 Å². The Bertz CT molecular complexity index is 335. The molecule has 1 aliphatic heterocycles. The summed E-state index contributed by atoms with van der Waals surface area (Å²) in [6.07, 6.45) is 2.65. The monoisotopic (exact) mass is 235 g/mol. The summed E-state index contributed by atoms with van der Waals surface area (Å²) in [6.45, 7) is 5.52. The quantitative estimate of drug-likeness (QED) is 0.793. The van der Waals surface area contributed by atoms with Crippen LogP contribution in [0.2, 0.25) is 0 Å². The van der Waals surface area contributed by atoms with E-state index in [-0.39, 0.29) is 0 Å². The van der Waals surface area contributed by atoms with Gasteiger partial charge in [0, 0.05) is 0 Å². The summed E-state index contributed by atoms with van der Waals surface area (Å²) in [6, 6.07) is 8.11. The molecule has 0 bridgehead atoms. The van der Waals surface area contributed by atoms with E-state index >= 15 is 0 Å². The summed E-state index contributed by atoms with van der Waals surface area (Å²) < 4.78 is 11.4. The summed E-state index contributed by atoms with van der Waals surface area (Å²) in [5.41, 5.74) is 1.22. The molecule has 2 rings (SSSR count). The third-order valence-corrected chi connectivity index (χ3v) is 2.98. The van der Waals surface area contributed by atoms with Crippen molar-refractivity contribution in [2.24, 2.45) is 0 Å². The van der Waals surface area contributed by atoms with E-state index in [0.717, 1.165) is 31.7 Å². The fourth-order valence-electron chi connectivity index (χ4n) is 2.04. The predicted molar refractivity (Wildman–Crippen MR) is 68.5 cm³/mol. The van der Waals surface area contributed by atoms with Gasteiger partial charge in [-0.1, -0.05) is 12.1 Å². The molecular weight excluding hydrogens is 214 g/mol. The third kappa shape index (κ3) is 4.36. The van der Waals surface area contributed by atoms with Gasteiger partial charge in [0.25, 0.3) is 0 Å². The van der Waals surface area contributed by atoms with E-state index in [1.165, 1.54) is 5.56 Å². The molecule has 0 unspecified atom stereocenters. The Labute approximate surface area is 103 Å². The van der Waals surface area contributed by atoms with Crippen LogP contribution in [0.4, 0.5) is 0 Å². The smallest absolute Gasteiger partial charge is 0.119 e. The molecule has 0 aliphatic carbocycles. The minimum Gasteiger partial charge on any atom is -0.491 e. The molecule has 17 heavy (non-hydrogen) atoms. The Kier molecular flexibility index (Phi) is 4.83. The summed E-state index contributed by atoms with van der Waals surface area (Å²) in [7, 11) is 0. The molecule has 0 spiro atoms. The molecule has 1 fully saturated rings. The van der Waals surface area contributed by atoms with Gasteiger partial charge in [-0.25, -0.2) is 0 Å². The number of piperidine rings is 1. The van der Waals surface area contributed by atoms with Gasteiger partial charge >= 0.3 is 0 Å². The Morgan fingerprint density at radius 2 is 2.06 bits per heavy atom. The highest BCUT2D eigenvalue weighted by atomic mass is 16.5. The van der Waals surface area contributed by atoms with Crippen LogP contribution in [0.3, 0.4) is 0 Å². The van der Waals surface area contributed by atoms with Crippen molar-refractivity contribution >= 4 is 0 Å². The number of hydrogen-bond acceptors (Lipinski definition) is 3. The molecular formula is C14H21NO2. The van der Waals surface area contributed by atoms with Gasteiger partial charge in [-0.2, -0.15) is 0 Å². The lowest BCUT2D eigenvalue weighted by Crippen LogP contribution is -2.33. The summed E-state index contributed by atoms with van der Waals surface area (Å²) in [5.74, 6) is 0.930. The van der Waals surface area contributed by atoms with Crippen LogP contribution in [0.15, 0.2) is 24.3 Å². The lowest BCUT2D eigenvalue weighted by molar-refractivity contribution is 0.0168. The zero-order valence-corrected chi connectivity index (χ0v) is 10.4. The number of aryl methyl sites for hydroxylation is 1. The van der Waals surface area contributed by atoms with Gasteiger partial charge in [0.15, 0.2) is 0 Å². The second kappa shape index (κ2) is 6.62. The molecule has 94 valence electrons. The van der Waals surface area contributed by atoms with Crippen LogP contribution in [-0.4, -0.2) is 32.4 Å². The Morgan fingerprint density at radius 1 is 1.24 bits per heavy atom. The van der Waals surface area contributed by atoms with Crippen molar-refractivity contribution in [2.75, 3.05) is 26.3 Å². The number of nitrogens with one attached hydrogen (secondary N) is 1. The van der Waals surface area contributed by atoms with E-state index in [2.05, 4.69) is 18.3 Å². The lowest BCUT2D eigenvalue weighted by atomic mass is 10.1. The second-order valence-corrected chi connectivity index (χ2v) is 4.49. The molecule has 1 aromatic rings. The first-order valence-corrected chi connectivity index (χ1v) is 6.36. The largest absolute Gasteiger partial charge is 0.491 e. The summed E-state index contributed by atoms with van der Waals surface area (Å²) >= 11 is 0. The van der Waals surface area contributed by atoms with Crippen LogP contribution in [0.25, 0.3) is 0 Å². The molecule has 0 amide bonds. The average Bonchev–Trinajstić information content (AvgIpc) is 2.36. The Hall–Kier alpha value is -1.06. The maximum absolute atomic E-state index is 5.77. The zero-order valence-electron chi connectivity index (χ0n) is 10.4. The van der Waals surface area contributed by atoms with Crippen molar-refractivity contribution in [2.45, 2.75) is 25.9 Å². The van der Waals surface area contributed by atoms with Crippen molar-refractivity contribution < 1.29 is 9.47 Å². The van der Waals surface area contributed by atoms with Crippen molar-refractivity contribution in [3.05, 3.63) is 29.8 Å².